The number of rotatable bonds is 6. The summed E-state index contributed by atoms with van der Waals surface area (Å²) in [6.45, 7) is 2.54. The summed E-state index contributed by atoms with van der Waals surface area (Å²) in [4.78, 5) is 25.3. The summed E-state index contributed by atoms with van der Waals surface area (Å²) in [5.41, 5.74) is -0.233. The average molecular weight is 307 g/mol. The van der Waals surface area contributed by atoms with Crippen LogP contribution in [0.5, 0.6) is 0 Å². The molecule has 0 bridgehead atoms. The number of nitro benzene ring substituents is 1. The number of aromatic nitrogens is 1. The Morgan fingerprint density at radius 1 is 1.57 bits per heavy atom. The fraction of sp³-hybridized carbons (Fsp3) is 0.231. The van der Waals surface area contributed by atoms with E-state index < -0.39 is 16.6 Å². The Labute approximate surface area is 124 Å². The zero-order chi connectivity index (χ0) is 15.4. The minimum absolute atomic E-state index is 0.156. The highest BCUT2D eigenvalue weighted by atomic mass is 32.1. The van der Waals surface area contributed by atoms with Crippen molar-refractivity contribution in [3.8, 4) is 0 Å². The molecule has 0 spiro atoms. The van der Waals surface area contributed by atoms with Crippen molar-refractivity contribution in [3.05, 3.63) is 50.5 Å². The van der Waals surface area contributed by atoms with Gasteiger partial charge in [0.15, 0.2) is 0 Å². The Morgan fingerprint density at radius 3 is 2.90 bits per heavy atom. The van der Waals surface area contributed by atoms with Crippen LogP contribution in [0.25, 0.3) is 0 Å². The van der Waals surface area contributed by atoms with Crippen LogP contribution in [0.1, 0.15) is 28.2 Å². The zero-order valence-corrected chi connectivity index (χ0v) is 12.0. The Morgan fingerprint density at radius 2 is 2.33 bits per heavy atom. The number of aromatic carboxylic acids is 1. The molecule has 2 N–H and O–H groups in total. The SMILES string of the molecule is CC(CNc1ccc(C(=O)O)c([N+](=O)[O-])c1)c1nccs1. The van der Waals surface area contributed by atoms with Gasteiger partial charge in [0.1, 0.15) is 5.56 Å². The van der Waals surface area contributed by atoms with Crippen LogP contribution in [0.15, 0.2) is 29.8 Å². The number of carboxylic acid groups (broad SMARTS) is 1. The van der Waals surface area contributed by atoms with Crippen LogP contribution in [0.2, 0.25) is 0 Å². The Balaban J connectivity index is 2.12. The lowest BCUT2D eigenvalue weighted by atomic mass is 10.1. The van der Waals surface area contributed by atoms with Crippen LogP contribution in [0, 0.1) is 10.1 Å². The second-order valence-electron chi connectivity index (χ2n) is 4.45. The maximum Gasteiger partial charge on any atom is 0.342 e. The van der Waals surface area contributed by atoms with Gasteiger partial charge in [-0.2, -0.15) is 0 Å². The summed E-state index contributed by atoms with van der Waals surface area (Å²) in [6.07, 6.45) is 1.73. The van der Waals surface area contributed by atoms with Crippen molar-refractivity contribution < 1.29 is 14.8 Å². The third-order valence-corrected chi connectivity index (χ3v) is 3.92. The predicted molar refractivity (Wildman–Crippen MR) is 79.1 cm³/mol. The molecule has 1 heterocycles. The molecule has 2 rings (SSSR count). The molecule has 8 heteroatoms. The van der Waals surface area contributed by atoms with E-state index in [9.17, 15) is 14.9 Å². The highest BCUT2D eigenvalue weighted by Gasteiger charge is 2.20. The highest BCUT2D eigenvalue weighted by Crippen LogP contribution is 2.24. The summed E-state index contributed by atoms with van der Waals surface area (Å²) in [5.74, 6) is -1.16. The highest BCUT2D eigenvalue weighted by molar-refractivity contribution is 7.09. The van der Waals surface area contributed by atoms with Crippen LogP contribution in [-0.2, 0) is 0 Å². The molecule has 0 fully saturated rings. The summed E-state index contributed by atoms with van der Waals surface area (Å²) < 4.78 is 0. The molecule has 110 valence electrons. The molecule has 1 aromatic heterocycles. The van der Waals surface area contributed by atoms with Crippen molar-refractivity contribution in [1.82, 2.24) is 4.98 Å². The van der Waals surface area contributed by atoms with Gasteiger partial charge < -0.3 is 10.4 Å². The lowest BCUT2D eigenvalue weighted by Crippen LogP contribution is -2.10. The van der Waals surface area contributed by atoms with Gasteiger partial charge in [0.25, 0.3) is 5.69 Å². The lowest BCUT2D eigenvalue weighted by Gasteiger charge is -2.11. The average Bonchev–Trinajstić information content (AvgIpc) is 2.98. The quantitative estimate of drug-likeness (QED) is 0.628. The van der Waals surface area contributed by atoms with E-state index >= 15 is 0 Å². The van der Waals surface area contributed by atoms with E-state index in [1.165, 1.54) is 18.2 Å². The fourth-order valence-corrected chi connectivity index (χ4v) is 2.51. The van der Waals surface area contributed by atoms with Gasteiger partial charge >= 0.3 is 5.97 Å². The first-order valence-electron chi connectivity index (χ1n) is 6.14. The molecule has 1 atom stereocenters. The number of hydrogen-bond donors (Lipinski definition) is 2. The van der Waals surface area contributed by atoms with Crippen LogP contribution in [0.3, 0.4) is 0 Å². The van der Waals surface area contributed by atoms with E-state index in [-0.39, 0.29) is 11.5 Å². The lowest BCUT2D eigenvalue weighted by molar-refractivity contribution is -0.385. The summed E-state index contributed by atoms with van der Waals surface area (Å²) in [5, 5.41) is 25.7. The predicted octanol–water partition coefficient (Wildman–Crippen LogP) is 2.97. The van der Waals surface area contributed by atoms with Crippen molar-refractivity contribution in [2.75, 3.05) is 11.9 Å². The van der Waals surface area contributed by atoms with Crippen LogP contribution >= 0.6 is 11.3 Å². The van der Waals surface area contributed by atoms with E-state index in [1.807, 2.05) is 12.3 Å². The summed E-state index contributed by atoms with van der Waals surface area (Å²) >= 11 is 1.54. The number of carbonyl (C=O) groups is 1. The Bertz CT molecular complexity index is 657. The standard InChI is InChI=1S/C13H13N3O4S/c1-8(12-14-4-5-21-12)7-15-9-2-3-10(13(17)18)11(6-9)16(19)20/h2-6,8,15H,7H2,1H3,(H,17,18). The first-order valence-corrected chi connectivity index (χ1v) is 7.02. The summed E-state index contributed by atoms with van der Waals surface area (Å²) in [7, 11) is 0. The molecule has 0 radical (unpaired) electrons. The van der Waals surface area contributed by atoms with Gasteiger partial charge in [-0.3, -0.25) is 10.1 Å². The maximum absolute atomic E-state index is 10.9. The molecular weight excluding hydrogens is 294 g/mol. The van der Waals surface area contributed by atoms with Crippen LogP contribution in [-0.4, -0.2) is 27.5 Å². The van der Waals surface area contributed by atoms with Crippen LogP contribution < -0.4 is 5.32 Å². The van der Waals surface area contributed by atoms with E-state index in [4.69, 9.17) is 5.11 Å². The van der Waals surface area contributed by atoms with Gasteiger partial charge in [-0.1, -0.05) is 6.92 Å². The van der Waals surface area contributed by atoms with Crippen molar-refractivity contribution in [1.29, 1.82) is 0 Å². The monoisotopic (exact) mass is 307 g/mol. The minimum atomic E-state index is -1.32. The molecule has 0 amide bonds. The molecule has 21 heavy (non-hydrogen) atoms. The molecule has 1 unspecified atom stereocenters. The number of nitrogens with one attached hydrogen (secondary N) is 1. The van der Waals surface area contributed by atoms with Gasteiger partial charge in [-0.25, -0.2) is 9.78 Å². The third kappa shape index (κ3) is 3.54. The molecule has 0 saturated heterocycles. The zero-order valence-electron chi connectivity index (χ0n) is 11.1. The van der Waals surface area contributed by atoms with Gasteiger partial charge in [0.2, 0.25) is 0 Å². The maximum atomic E-state index is 10.9. The molecule has 0 aliphatic heterocycles. The van der Waals surface area contributed by atoms with E-state index in [1.54, 1.807) is 17.5 Å². The number of nitrogens with zero attached hydrogens (tertiary/aromatic N) is 2. The number of nitro groups is 1. The molecule has 0 saturated carbocycles. The molecule has 0 aliphatic carbocycles. The Kier molecular flexibility index (Phi) is 4.49. The smallest absolute Gasteiger partial charge is 0.342 e. The number of anilines is 1. The van der Waals surface area contributed by atoms with Gasteiger partial charge in [0, 0.05) is 35.8 Å². The van der Waals surface area contributed by atoms with E-state index in [0.717, 1.165) is 5.01 Å². The second kappa shape index (κ2) is 6.31. The number of hydrogen-bond acceptors (Lipinski definition) is 6. The number of thiazole rings is 1. The van der Waals surface area contributed by atoms with E-state index in [2.05, 4.69) is 10.3 Å². The third-order valence-electron chi connectivity index (χ3n) is 2.91. The van der Waals surface area contributed by atoms with Crippen LogP contribution in [0.4, 0.5) is 11.4 Å². The Hall–Kier alpha value is -2.48. The molecule has 7 nitrogen and oxygen atoms in total. The molecule has 0 aliphatic rings. The molecular formula is C13H13N3O4S. The van der Waals surface area contributed by atoms with Crippen molar-refractivity contribution >= 4 is 28.7 Å². The normalized spacial score (nSPS) is 11.9. The second-order valence-corrected chi connectivity index (χ2v) is 5.37. The molecule has 2 aromatic rings. The largest absolute Gasteiger partial charge is 0.477 e. The fourth-order valence-electron chi connectivity index (χ4n) is 1.81. The van der Waals surface area contributed by atoms with Crippen molar-refractivity contribution in [2.24, 2.45) is 0 Å². The summed E-state index contributed by atoms with van der Waals surface area (Å²) in [6, 6.07) is 3.99. The van der Waals surface area contributed by atoms with E-state index in [0.29, 0.717) is 12.2 Å². The van der Waals surface area contributed by atoms with Gasteiger partial charge in [0.05, 0.1) is 9.93 Å². The number of benzene rings is 1. The first-order chi connectivity index (χ1) is 9.99. The van der Waals surface area contributed by atoms with Crippen molar-refractivity contribution in [3.63, 3.8) is 0 Å². The number of carboxylic acids is 1. The van der Waals surface area contributed by atoms with Gasteiger partial charge in [-0.15, -0.1) is 11.3 Å². The van der Waals surface area contributed by atoms with Gasteiger partial charge in [-0.05, 0) is 12.1 Å². The molecule has 1 aromatic carbocycles. The van der Waals surface area contributed by atoms with Crippen molar-refractivity contribution in [2.45, 2.75) is 12.8 Å². The minimum Gasteiger partial charge on any atom is -0.477 e. The first kappa shape index (κ1) is 14.9. The topological polar surface area (TPSA) is 105 Å².